The molecule has 0 spiro atoms. The molecule has 1 saturated carbocycles. The first-order valence-electron chi connectivity index (χ1n) is 10.9. The topological polar surface area (TPSA) is 88.9 Å². The lowest BCUT2D eigenvalue weighted by molar-refractivity contribution is -0.142. The van der Waals surface area contributed by atoms with Gasteiger partial charge in [-0.15, -0.1) is 0 Å². The standard InChI is InChI=1S/C21H35N5O3/c1-14(2)29-21(28)25-12-15(3)26(16(4)27)19-7-6-17(10-20(19)25)18-11-23-24(13-18)9-5-8-22/h14-15,17-20,23H,5-7,9-13H2,1-4H3/t15-,17?,18?,19?,20?/m0/s1. The zero-order valence-corrected chi connectivity index (χ0v) is 18.1. The van der Waals surface area contributed by atoms with E-state index in [1.807, 2.05) is 30.6 Å². The molecule has 3 fully saturated rings. The van der Waals surface area contributed by atoms with Crippen LogP contribution in [-0.2, 0) is 9.53 Å². The average molecular weight is 406 g/mol. The molecule has 2 heterocycles. The Balaban J connectivity index is 1.73. The van der Waals surface area contributed by atoms with E-state index in [-0.39, 0.29) is 36.2 Å². The Labute approximate surface area is 174 Å². The summed E-state index contributed by atoms with van der Waals surface area (Å²) in [6.07, 6.45) is 2.98. The number of nitriles is 1. The van der Waals surface area contributed by atoms with Crippen LogP contribution in [-0.4, -0.2) is 77.2 Å². The fourth-order valence-corrected chi connectivity index (χ4v) is 5.44. The van der Waals surface area contributed by atoms with Gasteiger partial charge in [-0.05, 0) is 51.9 Å². The highest BCUT2D eigenvalue weighted by Gasteiger charge is 2.48. The predicted octanol–water partition coefficient (Wildman–Crippen LogP) is 1.97. The van der Waals surface area contributed by atoms with Crippen molar-refractivity contribution in [3.63, 3.8) is 0 Å². The van der Waals surface area contributed by atoms with Crippen LogP contribution < -0.4 is 5.43 Å². The minimum Gasteiger partial charge on any atom is -0.447 e. The Kier molecular flexibility index (Phi) is 7.01. The van der Waals surface area contributed by atoms with E-state index in [0.29, 0.717) is 24.8 Å². The maximum atomic E-state index is 12.8. The highest BCUT2D eigenvalue weighted by Crippen LogP contribution is 2.39. The van der Waals surface area contributed by atoms with Crippen molar-refractivity contribution in [3.05, 3.63) is 0 Å². The van der Waals surface area contributed by atoms with Crippen molar-refractivity contribution in [3.8, 4) is 6.07 Å². The number of nitrogens with zero attached hydrogens (tertiary/aromatic N) is 4. The Hall–Kier alpha value is -1.85. The SMILES string of the molecule is CC(=O)N1C2CCC(C3CNN(CCC#N)C3)CC2N(C(=O)OC(C)C)C[C@@H]1C. The normalized spacial score (nSPS) is 32.8. The second-order valence-corrected chi connectivity index (χ2v) is 9.04. The summed E-state index contributed by atoms with van der Waals surface area (Å²) in [6, 6.07) is 2.28. The van der Waals surface area contributed by atoms with Gasteiger partial charge in [0, 0.05) is 45.6 Å². The van der Waals surface area contributed by atoms with E-state index in [1.54, 1.807) is 6.92 Å². The van der Waals surface area contributed by atoms with Crippen LogP contribution in [0.2, 0.25) is 0 Å². The summed E-state index contributed by atoms with van der Waals surface area (Å²) in [6.45, 7) is 10.5. The predicted molar refractivity (Wildman–Crippen MR) is 109 cm³/mol. The monoisotopic (exact) mass is 405 g/mol. The number of fused-ring (bicyclic) bond motifs is 1. The summed E-state index contributed by atoms with van der Waals surface area (Å²) in [5.74, 6) is 1.09. The van der Waals surface area contributed by atoms with Crippen LogP contribution in [0.1, 0.15) is 53.4 Å². The molecule has 3 rings (SSSR count). The van der Waals surface area contributed by atoms with Crippen molar-refractivity contribution in [2.75, 3.05) is 26.2 Å². The van der Waals surface area contributed by atoms with Gasteiger partial charge in [0.2, 0.25) is 5.91 Å². The number of amides is 2. The Morgan fingerprint density at radius 1 is 1.21 bits per heavy atom. The molecule has 0 aromatic rings. The van der Waals surface area contributed by atoms with E-state index in [1.165, 1.54) is 0 Å². The van der Waals surface area contributed by atoms with Crippen LogP contribution in [0.25, 0.3) is 0 Å². The maximum absolute atomic E-state index is 12.8. The first kappa shape index (κ1) is 21.8. The molecule has 1 N–H and O–H groups in total. The third-order valence-corrected chi connectivity index (χ3v) is 6.64. The van der Waals surface area contributed by atoms with Crippen molar-refractivity contribution in [2.24, 2.45) is 11.8 Å². The molecule has 0 bridgehead atoms. The highest BCUT2D eigenvalue weighted by molar-refractivity contribution is 5.75. The molecule has 0 radical (unpaired) electrons. The van der Waals surface area contributed by atoms with Gasteiger partial charge in [0.25, 0.3) is 0 Å². The van der Waals surface area contributed by atoms with Gasteiger partial charge in [-0.1, -0.05) is 0 Å². The van der Waals surface area contributed by atoms with Crippen LogP contribution in [0.4, 0.5) is 4.79 Å². The summed E-state index contributed by atoms with van der Waals surface area (Å²) >= 11 is 0. The molecule has 8 heteroatoms. The molecular formula is C21H35N5O3. The number of nitrogens with one attached hydrogen (secondary N) is 1. The Morgan fingerprint density at radius 2 is 1.97 bits per heavy atom. The van der Waals surface area contributed by atoms with E-state index in [4.69, 9.17) is 10.00 Å². The van der Waals surface area contributed by atoms with Gasteiger partial charge in [0.1, 0.15) is 0 Å². The molecule has 3 aliphatic rings. The number of rotatable bonds is 4. The van der Waals surface area contributed by atoms with Gasteiger partial charge < -0.3 is 14.5 Å². The summed E-state index contributed by atoms with van der Waals surface area (Å²) in [4.78, 5) is 29.1. The van der Waals surface area contributed by atoms with Crippen molar-refractivity contribution in [1.29, 1.82) is 5.26 Å². The zero-order chi connectivity index (χ0) is 21.1. The van der Waals surface area contributed by atoms with Crippen LogP contribution in [0, 0.1) is 23.2 Å². The molecule has 29 heavy (non-hydrogen) atoms. The van der Waals surface area contributed by atoms with Crippen molar-refractivity contribution >= 4 is 12.0 Å². The van der Waals surface area contributed by atoms with E-state index in [2.05, 4.69) is 16.5 Å². The first-order valence-corrected chi connectivity index (χ1v) is 10.9. The molecule has 162 valence electrons. The average Bonchev–Trinajstić information content (AvgIpc) is 3.13. The zero-order valence-electron chi connectivity index (χ0n) is 18.1. The van der Waals surface area contributed by atoms with Gasteiger partial charge in [0.05, 0.1) is 24.3 Å². The maximum Gasteiger partial charge on any atom is 0.410 e. The minimum absolute atomic E-state index is 0.000340. The number of ether oxygens (including phenoxy) is 1. The minimum atomic E-state index is -0.258. The lowest BCUT2D eigenvalue weighted by Gasteiger charge is -2.54. The first-order chi connectivity index (χ1) is 13.8. The largest absolute Gasteiger partial charge is 0.447 e. The summed E-state index contributed by atoms with van der Waals surface area (Å²) < 4.78 is 5.54. The fraction of sp³-hybridized carbons (Fsp3) is 0.857. The quantitative estimate of drug-likeness (QED) is 0.769. The van der Waals surface area contributed by atoms with E-state index < -0.39 is 0 Å². The number of hydrogen-bond donors (Lipinski definition) is 1. The molecule has 0 aromatic heterocycles. The van der Waals surface area contributed by atoms with Crippen LogP contribution in [0.15, 0.2) is 0 Å². The summed E-state index contributed by atoms with van der Waals surface area (Å²) in [5.41, 5.74) is 3.42. The fourth-order valence-electron chi connectivity index (χ4n) is 5.44. The summed E-state index contributed by atoms with van der Waals surface area (Å²) in [5, 5.41) is 11.0. The number of hydrazine groups is 1. The van der Waals surface area contributed by atoms with Crippen molar-refractivity contribution in [1.82, 2.24) is 20.2 Å². The second kappa shape index (κ2) is 9.31. The molecule has 4 unspecified atom stereocenters. The Bertz CT molecular complexity index is 649. The molecule has 2 saturated heterocycles. The molecule has 0 aromatic carbocycles. The van der Waals surface area contributed by atoms with Gasteiger partial charge >= 0.3 is 6.09 Å². The number of carbonyl (C=O) groups is 2. The van der Waals surface area contributed by atoms with Gasteiger partial charge in [-0.25, -0.2) is 9.80 Å². The van der Waals surface area contributed by atoms with Gasteiger partial charge in [0.15, 0.2) is 0 Å². The van der Waals surface area contributed by atoms with Gasteiger partial charge in [-0.3, -0.25) is 10.2 Å². The molecule has 8 nitrogen and oxygen atoms in total. The Morgan fingerprint density at radius 3 is 2.62 bits per heavy atom. The van der Waals surface area contributed by atoms with E-state index >= 15 is 0 Å². The van der Waals surface area contributed by atoms with Crippen LogP contribution in [0.3, 0.4) is 0 Å². The lowest BCUT2D eigenvalue weighted by atomic mass is 9.73. The van der Waals surface area contributed by atoms with E-state index in [9.17, 15) is 9.59 Å². The molecule has 5 atom stereocenters. The third kappa shape index (κ3) is 4.84. The van der Waals surface area contributed by atoms with Crippen LogP contribution >= 0.6 is 0 Å². The number of carbonyl (C=O) groups excluding carboxylic acids is 2. The van der Waals surface area contributed by atoms with Crippen molar-refractivity contribution in [2.45, 2.75) is 77.6 Å². The lowest BCUT2D eigenvalue weighted by Crippen LogP contribution is -2.67. The van der Waals surface area contributed by atoms with E-state index in [0.717, 1.165) is 38.9 Å². The van der Waals surface area contributed by atoms with Crippen molar-refractivity contribution < 1.29 is 14.3 Å². The molecule has 2 amide bonds. The smallest absolute Gasteiger partial charge is 0.410 e. The third-order valence-electron chi connectivity index (χ3n) is 6.64. The molecule has 2 aliphatic heterocycles. The van der Waals surface area contributed by atoms with Gasteiger partial charge in [-0.2, -0.15) is 5.26 Å². The summed E-state index contributed by atoms with van der Waals surface area (Å²) in [7, 11) is 0. The number of piperazine rings is 1. The van der Waals surface area contributed by atoms with Crippen LogP contribution in [0.5, 0.6) is 0 Å². The molecular weight excluding hydrogens is 370 g/mol. The second-order valence-electron chi connectivity index (χ2n) is 9.04. The molecule has 1 aliphatic carbocycles. The highest BCUT2D eigenvalue weighted by atomic mass is 16.6. The number of hydrogen-bond acceptors (Lipinski definition) is 6.